The van der Waals surface area contributed by atoms with Crippen molar-refractivity contribution >= 4 is 28.8 Å². The van der Waals surface area contributed by atoms with Crippen LogP contribution in [0.5, 0.6) is 0 Å². The monoisotopic (exact) mass is 615 g/mol. The molecule has 5 nitrogen and oxygen atoms in total. The second kappa shape index (κ2) is 13.2. The number of pyridine rings is 1. The van der Waals surface area contributed by atoms with E-state index < -0.39 is 0 Å². The van der Waals surface area contributed by atoms with E-state index in [1.807, 2.05) is 45.2 Å². The maximum absolute atomic E-state index is 14.7. The number of likely N-dealkylation sites (tertiary alicyclic amines) is 1. The quantitative estimate of drug-likeness (QED) is 0.199. The van der Waals surface area contributed by atoms with Crippen LogP contribution in [0.3, 0.4) is 0 Å². The Bertz CT molecular complexity index is 1640. The van der Waals surface area contributed by atoms with Crippen LogP contribution in [0.2, 0.25) is 5.02 Å². The van der Waals surface area contributed by atoms with E-state index in [2.05, 4.69) is 59.7 Å². The summed E-state index contributed by atoms with van der Waals surface area (Å²) >= 11 is 7.56. The van der Waals surface area contributed by atoms with Gasteiger partial charge in [-0.25, -0.2) is 4.98 Å². The lowest BCUT2D eigenvalue weighted by Crippen LogP contribution is -2.43. The predicted octanol–water partition coefficient (Wildman–Crippen LogP) is 8.72. The highest BCUT2D eigenvalue weighted by Gasteiger charge is 2.31. The van der Waals surface area contributed by atoms with Gasteiger partial charge < -0.3 is 4.90 Å². The Morgan fingerprint density at radius 3 is 2.23 bits per heavy atom. The molecule has 7 heteroatoms. The standard InChI is InChI=1S/C36H42ClN3O2S/c1-7-25-10-9-11-26(8-2)33(25)40-32(16-22(3)4)29(35(41)39-19-23(5)17-24(6)20-39)18-30(36(40)42)34-38-31(21-43-34)27-12-14-28(37)15-13-27/h9-15,18,21-24H,7-8,16-17,19-20H2,1-6H3/t23-,24+. The summed E-state index contributed by atoms with van der Waals surface area (Å²) in [7, 11) is 0. The minimum absolute atomic E-state index is 0.00515. The fraction of sp³-hybridized carbons (Fsp3) is 0.417. The lowest BCUT2D eigenvalue weighted by Gasteiger charge is -2.36. The number of amides is 1. The maximum atomic E-state index is 14.7. The van der Waals surface area contributed by atoms with Gasteiger partial charge in [0.1, 0.15) is 5.01 Å². The molecule has 2 aromatic heterocycles. The number of carbonyl (C=O) groups is 1. The Balaban J connectivity index is 1.80. The third kappa shape index (κ3) is 6.51. The fourth-order valence-electron chi connectivity index (χ4n) is 6.47. The fourth-order valence-corrected chi connectivity index (χ4v) is 7.43. The summed E-state index contributed by atoms with van der Waals surface area (Å²) < 4.78 is 1.88. The second-order valence-corrected chi connectivity index (χ2v) is 13.8. The van der Waals surface area contributed by atoms with E-state index in [0.717, 1.165) is 66.1 Å². The number of aryl methyl sites for hydroxylation is 2. The molecule has 0 unspecified atom stereocenters. The van der Waals surface area contributed by atoms with Crippen LogP contribution in [0.4, 0.5) is 0 Å². The number of benzene rings is 2. The molecule has 1 saturated heterocycles. The first-order valence-corrected chi connectivity index (χ1v) is 16.8. The zero-order chi connectivity index (χ0) is 30.8. The van der Waals surface area contributed by atoms with Crippen molar-refractivity contribution in [2.24, 2.45) is 17.8 Å². The van der Waals surface area contributed by atoms with Gasteiger partial charge in [0.15, 0.2) is 0 Å². The summed E-state index contributed by atoms with van der Waals surface area (Å²) in [6, 6.07) is 15.7. The number of halogens is 1. The van der Waals surface area contributed by atoms with Gasteiger partial charge in [0.2, 0.25) is 0 Å². The third-order valence-corrected chi connectivity index (χ3v) is 9.48. The van der Waals surface area contributed by atoms with E-state index in [-0.39, 0.29) is 17.4 Å². The SMILES string of the molecule is CCc1cccc(CC)c1-n1c(CC(C)C)c(C(=O)N2C[C@H](C)C[C@H](C)C2)cc(-c2nc(-c3ccc(Cl)cc3)cs2)c1=O. The summed E-state index contributed by atoms with van der Waals surface area (Å²) in [5.74, 6) is 1.11. The van der Waals surface area contributed by atoms with Crippen molar-refractivity contribution in [1.29, 1.82) is 0 Å². The summed E-state index contributed by atoms with van der Waals surface area (Å²) in [5.41, 5.74) is 6.58. The molecule has 1 fully saturated rings. The molecular formula is C36H42ClN3O2S. The van der Waals surface area contributed by atoms with Gasteiger partial charge in [0.25, 0.3) is 11.5 Å². The van der Waals surface area contributed by atoms with Crippen LogP contribution in [-0.4, -0.2) is 33.4 Å². The van der Waals surface area contributed by atoms with Gasteiger partial charge in [-0.3, -0.25) is 14.2 Å². The van der Waals surface area contributed by atoms with Crippen LogP contribution in [-0.2, 0) is 19.3 Å². The molecule has 4 aromatic rings. The van der Waals surface area contributed by atoms with Crippen LogP contribution in [0.15, 0.2) is 58.7 Å². The van der Waals surface area contributed by atoms with E-state index in [0.29, 0.717) is 39.4 Å². The third-order valence-electron chi connectivity index (χ3n) is 8.35. The van der Waals surface area contributed by atoms with Crippen molar-refractivity contribution in [3.05, 3.63) is 91.7 Å². The largest absolute Gasteiger partial charge is 0.338 e. The van der Waals surface area contributed by atoms with Gasteiger partial charge in [0.05, 0.1) is 22.5 Å². The molecule has 2 atom stereocenters. The van der Waals surface area contributed by atoms with Crippen LogP contribution < -0.4 is 5.56 Å². The van der Waals surface area contributed by atoms with Gasteiger partial charge in [-0.2, -0.15) is 0 Å². The average molecular weight is 616 g/mol. The molecule has 1 amide bonds. The highest BCUT2D eigenvalue weighted by molar-refractivity contribution is 7.13. The lowest BCUT2D eigenvalue weighted by atomic mass is 9.91. The van der Waals surface area contributed by atoms with E-state index in [1.54, 1.807) is 0 Å². The molecule has 0 saturated carbocycles. The van der Waals surface area contributed by atoms with Crippen molar-refractivity contribution in [3.63, 3.8) is 0 Å². The first-order chi connectivity index (χ1) is 20.6. The molecule has 1 aliphatic heterocycles. The zero-order valence-corrected chi connectivity index (χ0v) is 27.7. The number of piperidine rings is 1. The van der Waals surface area contributed by atoms with Gasteiger partial charge in [-0.15, -0.1) is 11.3 Å². The summed E-state index contributed by atoms with van der Waals surface area (Å²) in [6.07, 6.45) is 3.29. The molecule has 3 heterocycles. The summed E-state index contributed by atoms with van der Waals surface area (Å²) in [4.78, 5) is 36.2. The molecule has 0 radical (unpaired) electrons. The maximum Gasteiger partial charge on any atom is 0.265 e. The number of hydrogen-bond acceptors (Lipinski definition) is 4. The molecule has 226 valence electrons. The van der Waals surface area contributed by atoms with Crippen molar-refractivity contribution in [2.45, 2.75) is 67.2 Å². The molecule has 0 spiro atoms. The number of para-hydroxylation sites is 1. The number of hydrogen-bond donors (Lipinski definition) is 0. The smallest absolute Gasteiger partial charge is 0.265 e. The number of thiazole rings is 1. The Morgan fingerprint density at radius 2 is 1.65 bits per heavy atom. The molecule has 2 aromatic carbocycles. The average Bonchev–Trinajstić information content (AvgIpc) is 3.46. The molecular weight excluding hydrogens is 574 g/mol. The number of aromatic nitrogens is 2. The second-order valence-electron chi connectivity index (χ2n) is 12.5. The van der Waals surface area contributed by atoms with E-state index >= 15 is 0 Å². The van der Waals surface area contributed by atoms with Crippen molar-refractivity contribution < 1.29 is 4.79 Å². The molecule has 0 bridgehead atoms. The van der Waals surface area contributed by atoms with Gasteiger partial charge >= 0.3 is 0 Å². The minimum Gasteiger partial charge on any atom is -0.338 e. The van der Waals surface area contributed by atoms with Crippen molar-refractivity contribution in [1.82, 2.24) is 14.5 Å². The van der Waals surface area contributed by atoms with Crippen LogP contribution >= 0.6 is 22.9 Å². The highest BCUT2D eigenvalue weighted by atomic mass is 35.5. The van der Waals surface area contributed by atoms with Crippen LogP contribution in [0, 0.1) is 17.8 Å². The first kappa shape index (κ1) is 31.2. The summed E-state index contributed by atoms with van der Waals surface area (Å²) in [6.45, 7) is 14.4. The van der Waals surface area contributed by atoms with Crippen molar-refractivity contribution in [2.75, 3.05) is 13.1 Å². The Morgan fingerprint density at radius 1 is 1.02 bits per heavy atom. The van der Waals surface area contributed by atoms with Gasteiger partial charge in [-0.1, -0.05) is 83.5 Å². The molecule has 0 N–H and O–H groups in total. The molecule has 1 aliphatic rings. The number of rotatable bonds is 8. The van der Waals surface area contributed by atoms with E-state index in [4.69, 9.17) is 16.6 Å². The summed E-state index contributed by atoms with van der Waals surface area (Å²) in [5, 5.41) is 3.24. The zero-order valence-electron chi connectivity index (χ0n) is 26.1. The van der Waals surface area contributed by atoms with Crippen molar-refractivity contribution in [3.8, 4) is 27.5 Å². The Labute approximate surface area is 264 Å². The number of carbonyl (C=O) groups excluding carboxylic acids is 1. The van der Waals surface area contributed by atoms with Gasteiger partial charge in [-0.05, 0) is 72.8 Å². The van der Waals surface area contributed by atoms with Crippen LogP contribution in [0.1, 0.15) is 75.1 Å². The highest BCUT2D eigenvalue weighted by Crippen LogP contribution is 2.33. The lowest BCUT2D eigenvalue weighted by molar-refractivity contribution is 0.0621. The molecule has 43 heavy (non-hydrogen) atoms. The van der Waals surface area contributed by atoms with Crippen LogP contribution in [0.25, 0.3) is 27.5 Å². The normalized spacial score (nSPS) is 17.1. The minimum atomic E-state index is -0.125. The van der Waals surface area contributed by atoms with Gasteiger partial charge in [0, 0.05) is 34.7 Å². The first-order valence-electron chi connectivity index (χ1n) is 15.5. The Kier molecular flexibility index (Phi) is 9.57. The molecule has 5 rings (SSSR count). The number of nitrogens with zero attached hydrogens (tertiary/aromatic N) is 3. The topological polar surface area (TPSA) is 55.2 Å². The predicted molar refractivity (Wildman–Crippen MR) is 180 cm³/mol. The van der Waals surface area contributed by atoms with E-state index in [9.17, 15) is 9.59 Å². The molecule has 0 aliphatic carbocycles. The Hall–Kier alpha value is -3.22. The van der Waals surface area contributed by atoms with E-state index in [1.165, 1.54) is 11.3 Å².